The molecule has 0 aliphatic carbocycles. The summed E-state index contributed by atoms with van der Waals surface area (Å²) >= 11 is 0. The molecule has 1 rings (SSSR count). The molecule has 0 spiro atoms. The van der Waals surface area contributed by atoms with Gasteiger partial charge in [0.15, 0.2) is 0 Å². The maximum Gasteiger partial charge on any atom is 0.407 e. The van der Waals surface area contributed by atoms with Crippen molar-refractivity contribution in [2.45, 2.75) is 12.5 Å². The maximum atomic E-state index is 10.4. The quantitative estimate of drug-likeness (QED) is 0.543. The normalized spacial score (nSPS) is 25.3. The van der Waals surface area contributed by atoms with E-state index in [-0.39, 0.29) is 0 Å². The van der Waals surface area contributed by atoms with Crippen LogP contribution in [0.15, 0.2) is 0 Å². The van der Waals surface area contributed by atoms with Crippen LogP contribution in [0.3, 0.4) is 0 Å². The van der Waals surface area contributed by atoms with E-state index in [2.05, 4.69) is 5.32 Å². The molecule has 0 bridgehead atoms. The van der Waals surface area contributed by atoms with E-state index in [4.69, 9.17) is 5.11 Å². The molecule has 2 N–H and O–H groups in total. The van der Waals surface area contributed by atoms with Crippen molar-refractivity contribution in [1.29, 1.82) is 0 Å². The Morgan fingerprint density at radius 1 is 1.80 bits per heavy atom. The van der Waals surface area contributed by atoms with E-state index in [1.54, 1.807) is 0 Å². The number of hydrogen-bond acceptors (Lipinski definition) is 2. The van der Waals surface area contributed by atoms with Gasteiger partial charge in [0.2, 0.25) is 0 Å². The Labute approximate surface area is 59.8 Å². The van der Waals surface area contributed by atoms with Crippen molar-refractivity contribution in [2.75, 3.05) is 20.1 Å². The summed E-state index contributed by atoms with van der Waals surface area (Å²) < 4.78 is 0. The summed E-state index contributed by atoms with van der Waals surface area (Å²) in [6.07, 6.45) is 0.126. The monoisotopic (exact) mass is 144 g/mol. The van der Waals surface area contributed by atoms with Gasteiger partial charge in [-0.1, -0.05) is 0 Å². The van der Waals surface area contributed by atoms with Crippen molar-refractivity contribution in [3.63, 3.8) is 0 Å². The molecule has 1 amide bonds. The summed E-state index contributed by atoms with van der Waals surface area (Å²) in [5.41, 5.74) is 0. The minimum absolute atomic E-state index is 0.357. The van der Waals surface area contributed by atoms with Gasteiger partial charge in [-0.2, -0.15) is 0 Å². The number of likely N-dealkylation sites (tertiary alicyclic amines) is 1. The second-order valence-electron chi connectivity index (χ2n) is 2.50. The van der Waals surface area contributed by atoms with Crippen molar-refractivity contribution < 1.29 is 9.90 Å². The van der Waals surface area contributed by atoms with E-state index in [0.717, 1.165) is 6.42 Å². The fraction of sp³-hybridized carbons (Fsp3) is 0.833. The molecule has 0 aromatic rings. The standard InChI is InChI=1S/C6H12N2O2/c1-7-5-2-3-8(4-5)6(9)10/h5,7H,2-4H2,1H3,(H,9,10)/t5-/m1/s1. The molecular weight excluding hydrogens is 132 g/mol. The first-order chi connectivity index (χ1) is 4.74. The molecule has 4 heteroatoms. The van der Waals surface area contributed by atoms with Crippen molar-refractivity contribution in [2.24, 2.45) is 0 Å². The van der Waals surface area contributed by atoms with Gasteiger partial charge < -0.3 is 15.3 Å². The van der Waals surface area contributed by atoms with Crippen LogP contribution in [0.2, 0.25) is 0 Å². The SMILES string of the molecule is CN[C@@H]1CCN(C(=O)O)C1. The summed E-state index contributed by atoms with van der Waals surface area (Å²) in [6, 6.07) is 0.357. The zero-order valence-electron chi connectivity index (χ0n) is 6.00. The number of likely N-dealkylation sites (N-methyl/N-ethyl adjacent to an activating group) is 1. The zero-order chi connectivity index (χ0) is 7.56. The lowest BCUT2D eigenvalue weighted by atomic mass is 10.3. The van der Waals surface area contributed by atoms with Gasteiger partial charge in [0.25, 0.3) is 0 Å². The summed E-state index contributed by atoms with van der Waals surface area (Å²) in [7, 11) is 1.86. The Morgan fingerprint density at radius 2 is 2.50 bits per heavy atom. The van der Waals surface area contributed by atoms with Gasteiger partial charge in [-0.3, -0.25) is 0 Å². The maximum absolute atomic E-state index is 10.4. The Morgan fingerprint density at radius 3 is 2.80 bits per heavy atom. The second-order valence-corrected chi connectivity index (χ2v) is 2.50. The first kappa shape index (κ1) is 7.34. The van der Waals surface area contributed by atoms with Crippen LogP contribution in [0.5, 0.6) is 0 Å². The zero-order valence-corrected chi connectivity index (χ0v) is 6.00. The number of nitrogens with one attached hydrogen (secondary N) is 1. The summed E-state index contributed by atoms with van der Waals surface area (Å²) in [6.45, 7) is 1.30. The molecule has 4 nitrogen and oxygen atoms in total. The Balaban J connectivity index is 2.35. The molecule has 0 unspecified atom stereocenters. The third kappa shape index (κ3) is 1.39. The number of nitrogens with zero attached hydrogens (tertiary/aromatic N) is 1. The topological polar surface area (TPSA) is 52.6 Å². The van der Waals surface area contributed by atoms with E-state index < -0.39 is 6.09 Å². The third-order valence-electron chi connectivity index (χ3n) is 1.87. The molecule has 1 saturated heterocycles. The number of hydrogen-bond donors (Lipinski definition) is 2. The van der Waals surface area contributed by atoms with Crippen LogP contribution in [0.1, 0.15) is 6.42 Å². The Hall–Kier alpha value is -0.770. The Kier molecular flexibility index (Phi) is 2.11. The number of rotatable bonds is 1. The second kappa shape index (κ2) is 2.88. The number of amides is 1. The van der Waals surface area contributed by atoms with E-state index in [9.17, 15) is 4.79 Å². The van der Waals surface area contributed by atoms with Crippen LogP contribution in [0.25, 0.3) is 0 Å². The largest absolute Gasteiger partial charge is 0.465 e. The van der Waals surface area contributed by atoms with Crippen molar-refractivity contribution >= 4 is 6.09 Å². The minimum Gasteiger partial charge on any atom is -0.465 e. The molecular formula is C6H12N2O2. The first-order valence-electron chi connectivity index (χ1n) is 3.39. The van der Waals surface area contributed by atoms with E-state index >= 15 is 0 Å². The smallest absolute Gasteiger partial charge is 0.407 e. The molecule has 1 atom stereocenters. The fourth-order valence-corrected chi connectivity index (χ4v) is 1.17. The molecule has 1 aliphatic rings. The molecule has 58 valence electrons. The van der Waals surface area contributed by atoms with Gasteiger partial charge in [-0.05, 0) is 13.5 Å². The molecule has 0 aromatic carbocycles. The van der Waals surface area contributed by atoms with Crippen LogP contribution < -0.4 is 5.32 Å². The van der Waals surface area contributed by atoms with Gasteiger partial charge in [0, 0.05) is 19.1 Å². The highest BCUT2D eigenvalue weighted by molar-refractivity contribution is 5.65. The average molecular weight is 144 g/mol. The number of carboxylic acid groups (broad SMARTS) is 1. The van der Waals surface area contributed by atoms with Crippen LogP contribution in [0.4, 0.5) is 4.79 Å². The summed E-state index contributed by atoms with van der Waals surface area (Å²) in [5, 5.41) is 11.6. The molecule has 10 heavy (non-hydrogen) atoms. The predicted molar refractivity (Wildman–Crippen MR) is 37.1 cm³/mol. The molecule has 1 aliphatic heterocycles. The molecule has 1 heterocycles. The highest BCUT2D eigenvalue weighted by Crippen LogP contribution is 2.07. The molecule has 0 aromatic heterocycles. The van der Waals surface area contributed by atoms with Crippen molar-refractivity contribution in [1.82, 2.24) is 10.2 Å². The van der Waals surface area contributed by atoms with Crippen molar-refractivity contribution in [3.05, 3.63) is 0 Å². The van der Waals surface area contributed by atoms with Crippen LogP contribution in [0, 0.1) is 0 Å². The Bertz CT molecular complexity index is 138. The lowest BCUT2D eigenvalue weighted by Gasteiger charge is -2.10. The highest BCUT2D eigenvalue weighted by atomic mass is 16.4. The van der Waals surface area contributed by atoms with Crippen LogP contribution >= 0.6 is 0 Å². The third-order valence-corrected chi connectivity index (χ3v) is 1.87. The average Bonchev–Trinajstić information content (AvgIpc) is 2.34. The summed E-state index contributed by atoms with van der Waals surface area (Å²) in [5.74, 6) is 0. The van der Waals surface area contributed by atoms with Gasteiger partial charge in [-0.25, -0.2) is 4.79 Å². The highest BCUT2D eigenvalue weighted by Gasteiger charge is 2.23. The van der Waals surface area contributed by atoms with Crippen LogP contribution in [-0.2, 0) is 0 Å². The molecule has 1 fully saturated rings. The van der Waals surface area contributed by atoms with Gasteiger partial charge in [0.05, 0.1) is 0 Å². The van der Waals surface area contributed by atoms with Crippen LogP contribution in [-0.4, -0.2) is 42.3 Å². The molecule has 0 radical (unpaired) electrons. The lowest BCUT2D eigenvalue weighted by molar-refractivity contribution is 0.155. The van der Waals surface area contributed by atoms with Gasteiger partial charge >= 0.3 is 6.09 Å². The lowest BCUT2D eigenvalue weighted by Crippen LogP contribution is -2.32. The predicted octanol–water partition coefficient (Wildman–Crippen LogP) is -0.0419. The fourth-order valence-electron chi connectivity index (χ4n) is 1.17. The molecule has 0 saturated carbocycles. The van der Waals surface area contributed by atoms with Crippen molar-refractivity contribution in [3.8, 4) is 0 Å². The van der Waals surface area contributed by atoms with E-state index in [0.29, 0.717) is 19.1 Å². The number of carbonyl (C=O) groups is 1. The minimum atomic E-state index is -0.808. The summed E-state index contributed by atoms with van der Waals surface area (Å²) in [4.78, 5) is 11.8. The van der Waals surface area contributed by atoms with E-state index in [1.807, 2.05) is 7.05 Å². The van der Waals surface area contributed by atoms with Gasteiger partial charge in [-0.15, -0.1) is 0 Å². The first-order valence-corrected chi connectivity index (χ1v) is 3.39. The van der Waals surface area contributed by atoms with Gasteiger partial charge in [0.1, 0.15) is 0 Å². The van der Waals surface area contributed by atoms with E-state index in [1.165, 1.54) is 4.90 Å².